The summed E-state index contributed by atoms with van der Waals surface area (Å²) in [6, 6.07) is 3.29. The Morgan fingerprint density at radius 3 is 2.42 bits per heavy atom. The van der Waals surface area contributed by atoms with Crippen molar-refractivity contribution in [2.45, 2.75) is 13.0 Å². The first-order valence-corrected chi connectivity index (χ1v) is 8.35. The molecular formula is C11H15Cl3N2O2S. The summed E-state index contributed by atoms with van der Waals surface area (Å²) < 4.78 is 24.8. The predicted molar refractivity (Wildman–Crippen MR) is 80.7 cm³/mol. The second kappa shape index (κ2) is 7.11. The van der Waals surface area contributed by atoms with E-state index in [-0.39, 0.29) is 11.8 Å². The maximum atomic E-state index is 11.3. The Bertz CT molecular complexity index is 549. The lowest BCUT2D eigenvalue weighted by atomic mass is 10.1. The quantitative estimate of drug-likeness (QED) is 0.780. The Balaban J connectivity index is 2.69. The van der Waals surface area contributed by atoms with Crippen LogP contribution in [-0.2, 0) is 10.0 Å². The van der Waals surface area contributed by atoms with E-state index in [0.717, 1.165) is 5.56 Å². The molecule has 0 saturated heterocycles. The fourth-order valence-electron chi connectivity index (χ4n) is 1.50. The van der Waals surface area contributed by atoms with Crippen LogP contribution in [0.1, 0.15) is 18.5 Å². The van der Waals surface area contributed by atoms with Gasteiger partial charge in [0.1, 0.15) is 0 Å². The minimum atomic E-state index is -3.22. The molecule has 1 atom stereocenters. The van der Waals surface area contributed by atoms with Crippen LogP contribution in [0.25, 0.3) is 0 Å². The average molecular weight is 346 g/mol. The Morgan fingerprint density at radius 1 is 1.21 bits per heavy atom. The summed E-state index contributed by atoms with van der Waals surface area (Å²) in [6.45, 7) is 2.18. The van der Waals surface area contributed by atoms with Crippen LogP contribution in [0, 0.1) is 0 Å². The van der Waals surface area contributed by atoms with E-state index < -0.39 is 10.0 Å². The smallest absolute Gasteiger partial charge is 0.212 e. The summed E-state index contributed by atoms with van der Waals surface area (Å²) >= 11 is 17.9. The predicted octanol–water partition coefficient (Wildman–Crippen LogP) is 2.85. The average Bonchev–Trinajstić information content (AvgIpc) is 2.35. The van der Waals surface area contributed by atoms with Gasteiger partial charge < -0.3 is 5.32 Å². The molecule has 0 saturated carbocycles. The van der Waals surface area contributed by atoms with Gasteiger partial charge in [-0.25, -0.2) is 13.1 Å². The highest BCUT2D eigenvalue weighted by atomic mass is 35.5. The Hall–Kier alpha value is -0.0400. The zero-order valence-electron chi connectivity index (χ0n) is 10.5. The number of nitrogens with one attached hydrogen (secondary N) is 2. The van der Waals surface area contributed by atoms with Gasteiger partial charge in [0.05, 0.1) is 20.8 Å². The van der Waals surface area contributed by atoms with Crippen molar-refractivity contribution in [1.29, 1.82) is 0 Å². The molecule has 1 aromatic rings. The normalized spacial score (nSPS) is 13.5. The van der Waals surface area contributed by atoms with Gasteiger partial charge in [-0.05, 0) is 25.6 Å². The van der Waals surface area contributed by atoms with E-state index in [1.165, 1.54) is 7.05 Å². The molecule has 108 valence electrons. The van der Waals surface area contributed by atoms with Crippen molar-refractivity contribution in [2.75, 3.05) is 19.3 Å². The third-order valence-corrected chi connectivity index (χ3v) is 5.34. The van der Waals surface area contributed by atoms with E-state index in [1.807, 2.05) is 6.92 Å². The van der Waals surface area contributed by atoms with Crippen molar-refractivity contribution >= 4 is 44.8 Å². The van der Waals surface area contributed by atoms with Crippen molar-refractivity contribution in [3.63, 3.8) is 0 Å². The summed E-state index contributed by atoms with van der Waals surface area (Å²) in [6.07, 6.45) is 0. The third kappa shape index (κ3) is 4.77. The molecule has 0 spiro atoms. The molecule has 0 fully saturated rings. The van der Waals surface area contributed by atoms with Gasteiger partial charge in [0.25, 0.3) is 0 Å². The van der Waals surface area contributed by atoms with Gasteiger partial charge in [-0.2, -0.15) is 0 Å². The van der Waals surface area contributed by atoms with Crippen molar-refractivity contribution in [3.8, 4) is 0 Å². The number of hydrogen-bond donors (Lipinski definition) is 2. The standard InChI is InChI=1S/C11H15Cl3N2O2S/c1-7(16-5-6-19(17,18)15-2)8-3-4-9(12)11(14)10(8)13/h3-4,7,15-16H,5-6H2,1-2H3. The van der Waals surface area contributed by atoms with Gasteiger partial charge in [-0.15, -0.1) is 0 Å². The fourth-order valence-corrected chi connectivity index (χ4v) is 2.79. The van der Waals surface area contributed by atoms with Gasteiger partial charge in [-0.3, -0.25) is 0 Å². The SMILES string of the molecule is CNS(=O)(=O)CCNC(C)c1ccc(Cl)c(Cl)c1Cl. The topological polar surface area (TPSA) is 58.2 Å². The van der Waals surface area contributed by atoms with Gasteiger partial charge in [0.15, 0.2) is 0 Å². The lowest BCUT2D eigenvalue weighted by Crippen LogP contribution is -2.31. The summed E-state index contributed by atoms with van der Waals surface area (Å²) in [5, 5.41) is 4.14. The Labute approximate surface area is 128 Å². The van der Waals surface area contributed by atoms with Gasteiger partial charge in [-0.1, -0.05) is 40.9 Å². The van der Waals surface area contributed by atoms with Crippen LogP contribution >= 0.6 is 34.8 Å². The number of rotatable bonds is 6. The van der Waals surface area contributed by atoms with E-state index in [2.05, 4.69) is 10.0 Å². The molecule has 8 heteroatoms. The van der Waals surface area contributed by atoms with E-state index >= 15 is 0 Å². The molecular weight excluding hydrogens is 331 g/mol. The fraction of sp³-hybridized carbons (Fsp3) is 0.455. The summed E-state index contributed by atoms with van der Waals surface area (Å²) in [4.78, 5) is 0. The van der Waals surface area contributed by atoms with Crippen molar-refractivity contribution in [3.05, 3.63) is 32.8 Å². The third-order valence-electron chi connectivity index (χ3n) is 2.66. The van der Waals surface area contributed by atoms with E-state index in [0.29, 0.717) is 21.6 Å². The second-order valence-corrected chi connectivity index (χ2v) is 7.17. The van der Waals surface area contributed by atoms with E-state index in [4.69, 9.17) is 34.8 Å². The Kier molecular flexibility index (Phi) is 6.36. The highest BCUT2D eigenvalue weighted by Gasteiger charge is 2.15. The van der Waals surface area contributed by atoms with E-state index in [9.17, 15) is 8.42 Å². The zero-order valence-corrected chi connectivity index (χ0v) is 13.6. The van der Waals surface area contributed by atoms with Gasteiger partial charge in [0, 0.05) is 12.6 Å². The van der Waals surface area contributed by atoms with Crippen LogP contribution in [-0.4, -0.2) is 27.8 Å². The maximum Gasteiger partial charge on any atom is 0.212 e. The molecule has 1 aromatic carbocycles. The summed E-state index contributed by atoms with van der Waals surface area (Å²) in [5.74, 6) is -0.00716. The number of sulfonamides is 1. The molecule has 0 amide bonds. The van der Waals surface area contributed by atoms with Crippen molar-refractivity contribution in [2.24, 2.45) is 0 Å². The van der Waals surface area contributed by atoms with Crippen LogP contribution < -0.4 is 10.0 Å². The van der Waals surface area contributed by atoms with Gasteiger partial charge >= 0.3 is 0 Å². The molecule has 4 nitrogen and oxygen atoms in total. The minimum absolute atomic E-state index is 0.00716. The summed E-state index contributed by atoms with van der Waals surface area (Å²) in [7, 11) is -1.83. The first-order chi connectivity index (χ1) is 8.78. The highest BCUT2D eigenvalue weighted by Crippen LogP contribution is 2.35. The molecule has 0 heterocycles. The minimum Gasteiger partial charge on any atom is -0.309 e. The van der Waals surface area contributed by atoms with Crippen LogP contribution in [0.2, 0.25) is 15.1 Å². The van der Waals surface area contributed by atoms with Crippen molar-refractivity contribution < 1.29 is 8.42 Å². The van der Waals surface area contributed by atoms with Crippen LogP contribution in [0.4, 0.5) is 0 Å². The first-order valence-electron chi connectivity index (χ1n) is 5.56. The molecule has 0 aromatic heterocycles. The van der Waals surface area contributed by atoms with Crippen molar-refractivity contribution in [1.82, 2.24) is 10.0 Å². The molecule has 1 unspecified atom stereocenters. The zero-order chi connectivity index (χ0) is 14.6. The maximum absolute atomic E-state index is 11.3. The molecule has 2 N–H and O–H groups in total. The summed E-state index contributed by atoms with van der Waals surface area (Å²) in [5.41, 5.74) is 0.776. The number of hydrogen-bond acceptors (Lipinski definition) is 3. The molecule has 0 bridgehead atoms. The first kappa shape index (κ1) is 17.0. The Morgan fingerprint density at radius 2 is 1.84 bits per heavy atom. The molecule has 1 rings (SSSR count). The number of benzene rings is 1. The second-order valence-electron chi connectivity index (χ2n) is 3.96. The molecule has 0 aliphatic carbocycles. The van der Waals surface area contributed by atoms with E-state index in [1.54, 1.807) is 12.1 Å². The largest absolute Gasteiger partial charge is 0.309 e. The molecule has 19 heavy (non-hydrogen) atoms. The van der Waals surface area contributed by atoms with Crippen LogP contribution in [0.5, 0.6) is 0 Å². The lowest BCUT2D eigenvalue weighted by Gasteiger charge is -2.16. The van der Waals surface area contributed by atoms with Crippen LogP contribution in [0.3, 0.4) is 0 Å². The molecule has 0 aliphatic rings. The number of halogens is 3. The van der Waals surface area contributed by atoms with Crippen LogP contribution in [0.15, 0.2) is 12.1 Å². The van der Waals surface area contributed by atoms with Gasteiger partial charge in [0.2, 0.25) is 10.0 Å². The molecule has 0 aliphatic heterocycles. The molecule has 0 radical (unpaired) electrons. The monoisotopic (exact) mass is 344 g/mol. The lowest BCUT2D eigenvalue weighted by molar-refractivity contribution is 0.567. The highest BCUT2D eigenvalue weighted by molar-refractivity contribution is 7.89.